The van der Waals surface area contributed by atoms with Crippen molar-refractivity contribution < 1.29 is 13.0 Å². The van der Waals surface area contributed by atoms with Crippen LogP contribution in [0.15, 0.2) is 35.1 Å². The van der Waals surface area contributed by atoms with Crippen LogP contribution in [0.4, 0.5) is 0 Å². The fourth-order valence-electron chi connectivity index (χ4n) is 1.58. The van der Waals surface area contributed by atoms with Crippen LogP contribution in [0.2, 0.25) is 0 Å². The van der Waals surface area contributed by atoms with Crippen LogP contribution in [0.5, 0.6) is 0 Å². The van der Waals surface area contributed by atoms with Gasteiger partial charge in [-0.3, -0.25) is 4.55 Å². The summed E-state index contributed by atoms with van der Waals surface area (Å²) in [5, 5.41) is 4.05. The molecule has 108 valence electrons. The zero-order valence-electron chi connectivity index (χ0n) is 10.2. The van der Waals surface area contributed by atoms with Crippen molar-refractivity contribution in [2.75, 3.05) is 11.6 Å². The minimum absolute atomic E-state index is 0.00994. The molecule has 0 aliphatic rings. The summed E-state index contributed by atoms with van der Waals surface area (Å²) in [6.45, 7) is 0.0212. The minimum Gasteiger partial charge on any atom is -0.333 e. The molecule has 1 heterocycles. The molecule has 20 heavy (non-hydrogen) atoms. The van der Waals surface area contributed by atoms with Gasteiger partial charge in [-0.1, -0.05) is 30.3 Å². The molecule has 0 amide bonds. The van der Waals surface area contributed by atoms with E-state index in [1.165, 1.54) is 0 Å². The van der Waals surface area contributed by atoms with Crippen LogP contribution in [0.1, 0.15) is 0 Å². The third-order valence-corrected chi connectivity index (χ3v) is 4.48. The largest absolute Gasteiger partial charge is 0.364 e. The molecule has 0 radical (unpaired) electrons. The van der Waals surface area contributed by atoms with Crippen LogP contribution in [0, 0.1) is 0 Å². The highest BCUT2D eigenvalue weighted by Gasteiger charge is 2.13. The van der Waals surface area contributed by atoms with Crippen LogP contribution in [0.25, 0.3) is 11.4 Å². The lowest BCUT2D eigenvalue weighted by Crippen LogP contribution is -2.30. The predicted molar refractivity (Wildman–Crippen MR) is 76.1 cm³/mol. The summed E-state index contributed by atoms with van der Waals surface area (Å²) in [7, 11) is -3.80. The first-order valence-electron chi connectivity index (χ1n) is 5.50. The maximum atomic E-state index is 11.8. The first-order chi connectivity index (χ1) is 9.38. The Labute approximate surface area is 118 Å². The quantitative estimate of drug-likeness (QED) is 0.451. The maximum Gasteiger partial charge on any atom is 0.364 e. The van der Waals surface area contributed by atoms with E-state index < -0.39 is 14.8 Å². The van der Waals surface area contributed by atoms with Crippen LogP contribution in [-0.4, -0.2) is 33.2 Å². The Morgan fingerprint density at radius 3 is 2.55 bits per heavy atom. The van der Waals surface area contributed by atoms with Gasteiger partial charge in [-0.25, -0.2) is 9.48 Å². The summed E-state index contributed by atoms with van der Waals surface area (Å²) in [6, 6.07) is 8.90. The Morgan fingerprint density at radius 2 is 1.95 bits per heavy atom. The second-order valence-corrected chi connectivity index (χ2v) is 7.29. The minimum atomic E-state index is -4.13. The molecular weight excluding hydrogens is 304 g/mol. The van der Waals surface area contributed by atoms with Crippen molar-refractivity contribution in [3.05, 3.63) is 40.8 Å². The van der Waals surface area contributed by atoms with Crippen LogP contribution >= 0.6 is 10.8 Å². The third-order valence-electron chi connectivity index (χ3n) is 2.44. The van der Waals surface area contributed by atoms with Crippen molar-refractivity contribution in [2.45, 2.75) is 6.54 Å². The molecule has 0 spiro atoms. The summed E-state index contributed by atoms with van der Waals surface area (Å²) in [6.07, 6.45) is 0. The number of aromatic nitrogens is 3. The van der Waals surface area contributed by atoms with Gasteiger partial charge in [0, 0.05) is 11.3 Å². The van der Waals surface area contributed by atoms with E-state index in [9.17, 15) is 13.2 Å². The molecule has 1 aromatic heterocycles. The molecule has 0 saturated heterocycles. The van der Waals surface area contributed by atoms with E-state index in [-0.39, 0.29) is 18.1 Å². The highest BCUT2D eigenvalue weighted by atomic mass is 33.1. The molecule has 2 rings (SSSR count). The predicted octanol–water partition coefficient (Wildman–Crippen LogP) is -0.0384. The molecule has 10 heteroatoms. The van der Waals surface area contributed by atoms with Crippen molar-refractivity contribution in [1.82, 2.24) is 14.5 Å². The third kappa shape index (κ3) is 3.40. The first kappa shape index (κ1) is 14.6. The Kier molecular flexibility index (Phi) is 4.16. The lowest BCUT2D eigenvalue weighted by Gasteiger charge is -1.98. The van der Waals surface area contributed by atoms with Gasteiger partial charge in [0.05, 0.1) is 6.54 Å². The van der Waals surface area contributed by atoms with E-state index in [2.05, 4.69) is 5.10 Å². The van der Waals surface area contributed by atoms with E-state index >= 15 is 0 Å². The molecule has 0 fully saturated rings. The fraction of sp³-hybridized carbons (Fsp3) is 0.200. The number of aryl methyl sites for hydroxylation is 1. The summed E-state index contributed by atoms with van der Waals surface area (Å²) in [4.78, 5) is 11.8. The summed E-state index contributed by atoms with van der Waals surface area (Å²) >= 11 is 0. The van der Waals surface area contributed by atoms with Gasteiger partial charge < -0.3 is 5.84 Å². The highest BCUT2D eigenvalue weighted by Crippen LogP contribution is 2.13. The van der Waals surface area contributed by atoms with Crippen LogP contribution in [-0.2, 0) is 15.7 Å². The second-order valence-electron chi connectivity index (χ2n) is 3.82. The number of hydrogen-bond acceptors (Lipinski definition) is 6. The van der Waals surface area contributed by atoms with Crippen molar-refractivity contribution in [2.24, 2.45) is 0 Å². The smallest absolute Gasteiger partial charge is 0.333 e. The number of nitrogens with zero attached hydrogens (tertiary/aromatic N) is 3. The molecule has 3 N–H and O–H groups in total. The Morgan fingerprint density at radius 1 is 1.30 bits per heavy atom. The van der Waals surface area contributed by atoms with E-state index in [1.807, 2.05) is 6.07 Å². The van der Waals surface area contributed by atoms with E-state index in [0.717, 1.165) is 9.36 Å². The van der Waals surface area contributed by atoms with Crippen molar-refractivity contribution in [1.29, 1.82) is 0 Å². The zero-order chi connectivity index (χ0) is 14.8. The molecule has 0 aliphatic carbocycles. The van der Waals surface area contributed by atoms with E-state index in [0.29, 0.717) is 16.4 Å². The van der Waals surface area contributed by atoms with Gasteiger partial charge >= 0.3 is 14.8 Å². The molecule has 0 atom stereocenters. The lowest BCUT2D eigenvalue weighted by molar-refractivity contribution is 0.502. The monoisotopic (exact) mass is 316 g/mol. The Balaban J connectivity index is 2.23. The fourth-order valence-corrected chi connectivity index (χ4v) is 2.89. The first-order valence-corrected chi connectivity index (χ1v) is 8.45. The lowest BCUT2D eigenvalue weighted by atomic mass is 10.2. The van der Waals surface area contributed by atoms with E-state index in [4.69, 9.17) is 10.4 Å². The van der Waals surface area contributed by atoms with Gasteiger partial charge in [0.15, 0.2) is 5.82 Å². The molecular formula is C10H12N4O4S2. The standard InChI is InChI=1S/C10H12N4O4S2/c11-14-9(8-4-2-1-3-5-8)12-13(10(14)15)6-7-19-20(16,17)18/h1-5H,6-7,11H2,(H,16,17,18). The van der Waals surface area contributed by atoms with Crippen molar-refractivity contribution in [3.63, 3.8) is 0 Å². The Hall–Kier alpha value is -1.78. The van der Waals surface area contributed by atoms with Crippen molar-refractivity contribution >= 4 is 19.9 Å². The molecule has 1 aromatic carbocycles. The highest BCUT2D eigenvalue weighted by molar-refractivity contribution is 8.69. The number of rotatable bonds is 5. The normalized spacial score (nSPS) is 11.7. The second kappa shape index (κ2) is 5.69. The molecule has 0 saturated carbocycles. The van der Waals surface area contributed by atoms with Gasteiger partial charge in [-0.15, -0.1) is 5.10 Å². The summed E-state index contributed by atoms with van der Waals surface area (Å²) < 4.78 is 31.7. The van der Waals surface area contributed by atoms with Gasteiger partial charge in [-0.05, 0) is 10.8 Å². The summed E-state index contributed by atoms with van der Waals surface area (Å²) in [5.74, 6) is 5.91. The Bertz CT molecular complexity index is 751. The van der Waals surface area contributed by atoms with E-state index in [1.54, 1.807) is 24.3 Å². The SMILES string of the molecule is Nn1c(-c2ccccc2)nn(CCSS(=O)(=O)O)c1=O. The number of nitrogen functional groups attached to an aromatic ring is 1. The number of hydrogen-bond donors (Lipinski definition) is 2. The average Bonchev–Trinajstić information content (AvgIpc) is 2.67. The topological polar surface area (TPSA) is 120 Å². The van der Waals surface area contributed by atoms with Gasteiger partial charge in [0.25, 0.3) is 0 Å². The van der Waals surface area contributed by atoms with Gasteiger partial charge in [0.1, 0.15) is 0 Å². The van der Waals surface area contributed by atoms with Crippen LogP contribution in [0.3, 0.4) is 0 Å². The molecule has 8 nitrogen and oxygen atoms in total. The van der Waals surface area contributed by atoms with Crippen molar-refractivity contribution in [3.8, 4) is 11.4 Å². The molecule has 0 aliphatic heterocycles. The zero-order valence-corrected chi connectivity index (χ0v) is 11.8. The molecule has 0 unspecified atom stereocenters. The maximum absolute atomic E-state index is 11.8. The average molecular weight is 316 g/mol. The summed E-state index contributed by atoms with van der Waals surface area (Å²) in [5.41, 5.74) is 0.119. The number of nitrogens with two attached hydrogens (primary N) is 1. The van der Waals surface area contributed by atoms with Crippen LogP contribution < -0.4 is 11.5 Å². The number of benzene rings is 1. The molecule has 2 aromatic rings. The van der Waals surface area contributed by atoms with Gasteiger partial charge in [0.2, 0.25) is 0 Å². The van der Waals surface area contributed by atoms with Gasteiger partial charge in [-0.2, -0.15) is 13.1 Å². The molecule has 0 bridgehead atoms.